The van der Waals surface area contributed by atoms with E-state index in [0.717, 1.165) is 12.8 Å². The number of nitrogens with one attached hydrogen (secondary N) is 1. The van der Waals surface area contributed by atoms with Gasteiger partial charge in [-0.15, -0.1) is 0 Å². The van der Waals surface area contributed by atoms with E-state index in [9.17, 15) is 8.42 Å². The van der Waals surface area contributed by atoms with E-state index in [0.29, 0.717) is 11.5 Å². The molecule has 1 N–H and O–H groups in total. The number of rotatable bonds is 5. The summed E-state index contributed by atoms with van der Waals surface area (Å²) in [5.41, 5.74) is 0.397. The number of aryl methyl sites for hydroxylation is 2. The molecule has 0 saturated heterocycles. The molecule has 5 nitrogen and oxygen atoms in total. The van der Waals surface area contributed by atoms with Gasteiger partial charge in [-0.2, -0.15) is 0 Å². The van der Waals surface area contributed by atoms with Crippen LogP contribution >= 0.6 is 0 Å². The third-order valence-electron chi connectivity index (χ3n) is 2.31. The predicted molar refractivity (Wildman–Crippen MR) is 60.7 cm³/mol. The van der Waals surface area contributed by atoms with Crippen LogP contribution in [0, 0.1) is 13.8 Å². The summed E-state index contributed by atoms with van der Waals surface area (Å²) in [6, 6.07) is -0.0799. The van der Waals surface area contributed by atoms with Crippen molar-refractivity contribution in [2.24, 2.45) is 0 Å². The number of hydrogen-bond donors (Lipinski definition) is 1. The average Bonchev–Trinajstić information content (AvgIpc) is 2.45. The largest absolute Gasteiger partial charge is 0.360 e. The van der Waals surface area contributed by atoms with E-state index in [1.54, 1.807) is 13.8 Å². The van der Waals surface area contributed by atoms with Gasteiger partial charge in [0, 0.05) is 6.04 Å². The molecule has 0 fully saturated rings. The molecule has 1 heterocycles. The smallest absolute Gasteiger partial charge is 0.246 e. The zero-order chi connectivity index (χ0) is 12.3. The first kappa shape index (κ1) is 13.2. The van der Waals surface area contributed by atoms with Gasteiger partial charge in [0.05, 0.1) is 0 Å². The van der Waals surface area contributed by atoms with Crippen molar-refractivity contribution in [2.75, 3.05) is 0 Å². The van der Waals surface area contributed by atoms with E-state index in [1.165, 1.54) is 0 Å². The summed E-state index contributed by atoms with van der Waals surface area (Å²) in [7, 11) is -3.51. The number of nitrogens with zero attached hydrogens (tertiary/aromatic N) is 1. The normalized spacial score (nSPS) is 14.0. The summed E-state index contributed by atoms with van der Waals surface area (Å²) in [4.78, 5) is 0.162. The summed E-state index contributed by atoms with van der Waals surface area (Å²) in [6.07, 6.45) is 1.74. The molecule has 6 heteroatoms. The van der Waals surface area contributed by atoms with Gasteiger partial charge in [0.1, 0.15) is 10.6 Å². The molecule has 1 rings (SSSR count). The van der Waals surface area contributed by atoms with Gasteiger partial charge in [0.2, 0.25) is 10.0 Å². The molecule has 1 atom stereocenters. The van der Waals surface area contributed by atoms with Crippen LogP contribution < -0.4 is 4.72 Å². The van der Waals surface area contributed by atoms with Crippen LogP contribution in [0.2, 0.25) is 0 Å². The molecule has 0 aliphatic carbocycles. The van der Waals surface area contributed by atoms with Gasteiger partial charge < -0.3 is 4.52 Å². The minimum Gasteiger partial charge on any atom is -0.360 e. The quantitative estimate of drug-likeness (QED) is 0.859. The zero-order valence-corrected chi connectivity index (χ0v) is 10.9. The number of aromatic nitrogens is 1. The summed E-state index contributed by atoms with van der Waals surface area (Å²) in [6.45, 7) is 7.08. The predicted octanol–water partition coefficient (Wildman–Crippen LogP) is 1.76. The van der Waals surface area contributed by atoms with Crippen LogP contribution in [0.5, 0.6) is 0 Å². The second kappa shape index (κ2) is 4.97. The molecule has 0 amide bonds. The van der Waals surface area contributed by atoms with Gasteiger partial charge in [0.15, 0.2) is 5.76 Å². The molecular weight excluding hydrogens is 228 g/mol. The Morgan fingerprint density at radius 2 is 2.06 bits per heavy atom. The van der Waals surface area contributed by atoms with Crippen molar-refractivity contribution >= 4 is 10.0 Å². The van der Waals surface area contributed by atoms with Gasteiger partial charge >= 0.3 is 0 Å². The number of hydrogen-bond acceptors (Lipinski definition) is 4. The third kappa shape index (κ3) is 2.82. The fourth-order valence-electron chi connectivity index (χ4n) is 1.67. The molecular formula is C10H18N2O3S. The van der Waals surface area contributed by atoms with Gasteiger partial charge in [-0.25, -0.2) is 13.1 Å². The second-order valence-electron chi connectivity index (χ2n) is 3.96. The minimum absolute atomic E-state index is 0.0799. The van der Waals surface area contributed by atoms with Crippen molar-refractivity contribution in [3.05, 3.63) is 11.5 Å². The van der Waals surface area contributed by atoms with Crippen LogP contribution in [0.3, 0.4) is 0 Å². The zero-order valence-electron chi connectivity index (χ0n) is 10.1. The summed E-state index contributed by atoms with van der Waals surface area (Å²) < 4.78 is 31.5. The highest BCUT2D eigenvalue weighted by Gasteiger charge is 2.25. The molecule has 16 heavy (non-hydrogen) atoms. The van der Waals surface area contributed by atoms with Crippen LogP contribution in [0.4, 0.5) is 0 Å². The molecule has 0 spiro atoms. The Morgan fingerprint density at radius 1 is 1.44 bits per heavy atom. The van der Waals surface area contributed by atoms with E-state index < -0.39 is 10.0 Å². The van der Waals surface area contributed by atoms with Crippen molar-refractivity contribution in [2.45, 2.75) is 51.5 Å². The van der Waals surface area contributed by atoms with E-state index >= 15 is 0 Å². The maximum atomic E-state index is 12.0. The van der Waals surface area contributed by atoms with E-state index in [-0.39, 0.29) is 10.9 Å². The van der Waals surface area contributed by atoms with Crippen molar-refractivity contribution in [3.63, 3.8) is 0 Å². The SMILES string of the molecule is CCCC(C)NS(=O)(=O)c1c(C)noc1C. The van der Waals surface area contributed by atoms with Crippen molar-refractivity contribution in [1.82, 2.24) is 9.88 Å². The monoisotopic (exact) mass is 246 g/mol. The second-order valence-corrected chi connectivity index (χ2v) is 5.62. The first-order valence-electron chi connectivity index (χ1n) is 5.33. The maximum absolute atomic E-state index is 12.0. The van der Waals surface area contributed by atoms with Crippen LogP contribution in [0.1, 0.15) is 38.1 Å². The Kier molecular flexibility index (Phi) is 4.09. The summed E-state index contributed by atoms with van der Waals surface area (Å²) in [5.74, 6) is 0.327. The molecule has 0 bridgehead atoms. The van der Waals surface area contributed by atoms with Crippen molar-refractivity contribution in [1.29, 1.82) is 0 Å². The lowest BCUT2D eigenvalue weighted by Crippen LogP contribution is -2.32. The molecule has 0 radical (unpaired) electrons. The van der Waals surface area contributed by atoms with E-state index in [2.05, 4.69) is 9.88 Å². The fourth-order valence-corrected chi connectivity index (χ4v) is 3.28. The Balaban J connectivity index is 2.95. The highest BCUT2D eigenvalue weighted by Crippen LogP contribution is 2.19. The van der Waals surface area contributed by atoms with Gasteiger partial charge in [-0.05, 0) is 27.2 Å². The molecule has 1 aromatic heterocycles. The number of sulfonamides is 1. The Labute approximate surface area is 96.3 Å². The maximum Gasteiger partial charge on any atom is 0.246 e. The van der Waals surface area contributed by atoms with E-state index in [1.807, 2.05) is 13.8 Å². The van der Waals surface area contributed by atoms with Crippen molar-refractivity contribution in [3.8, 4) is 0 Å². The summed E-state index contributed by atoms with van der Waals surface area (Å²) in [5, 5.41) is 3.64. The van der Waals surface area contributed by atoms with Crippen LogP contribution in [0.25, 0.3) is 0 Å². The van der Waals surface area contributed by atoms with Crippen molar-refractivity contribution < 1.29 is 12.9 Å². The fraction of sp³-hybridized carbons (Fsp3) is 0.700. The molecule has 0 saturated carbocycles. The molecule has 0 aliphatic heterocycles. The van der Waals surface area contributed by atoms with Crippen LogP contribution in [-0.4, -0.2) is 19.6 Å². The van der Waals surface area contributed by atoms with Gasteiger partial charge in [-0.3, -0.25) is 0 Å². The lowest BCUT2D eigenvalue weighted by atomic mass is 10.2. The first-order chi connectivity index (χ1) is 7.38. The highest BCUT2D eigenvalue weighted by atomic mass is 32.2. The topological polar surface area (TPSA) is 72.2 Å². The molecule has 1 aromatic rings. The minimum atomic E-state index is -3.51. The molecule has 0 aliphatic rings. The molecule has 92 valence electrons. The Hall–Kier alpha value is -0.880. The van der Waals surface area contributed by atoms with Crippen LogP contribution in [0.15, 0.2) is 9.42 Å². The lowest BCUT2D eigenvalue weighted by Gasteiger charge is -2.12. The van der Waals surface area contributed by atoms with E-state index in [4.69, 9.17) is 4.52 Å². The molecule has 0 aromatic carbocycles. The van der Waals surface area contributed by atoms with Gasteiger partial charge in [-0.1, -0.05) is 18.5 Å². The average molecular weight is 246 g/mol. The standard InChI is InChI=1S/C10H18N2O3S/c1-5-6-7(2)12-16(13,14)10-8(3)11-15-9(10)4/h7,12H,5-6H2,1-4H3. The Bertz CT molecular complexity index is 431. The first-order valence-corrected chi connectivity index (χ1v) is 6.82. The summed E-state index contributed by atoms with van der Waals surface area (Å²) >= 11 is 0. The van der Waals surface area contributed by atoms with Crippen LogP contribution in [-0.2, 0) is 10.0 Å². The van der Waals surface area contributed by atoms with Gasteiger partial charge in [0.25, 0.3) is 0 Å². The molecule has 1 unspecified atom stereocenters. The highest BCUT2D eigenvalue weighted by molar-refractivity contribution is 7.89. The third-order valence-corrected chi connectivity index (χ3v) is 4.15. The Morgan fingerprint density at radius 3 is 2.50 bits per heavy atom. The lowest BCUT2D eigenvalue weighted by molar-refractivity contribution is 0.390.